The standard InChI is InChI=1S/C14H13N3O3S/c15-14(17-18)9-1-4-13(16-8-9)21-10-2-3-11-12(7-10)20-6-5-19-11/h1-4,7-8,18H,5-6H2,(H2,15,17). The molecule has 6 nitrogen and oxygen atoms in total. The number of rotatable bonds is 3. The zero-order valence-electron chi connectivity index (χ0n) is 11.0. The molecular weight excluding hydrogens is 290 g/mol. The third-order valence-corrected chi connectivity index (χ3v) is 3.82. The Bertz CT molecular complexity index is 674. The number of hydrogen-bond acceptors (Lipinski definition) is 6. The van der Waals surface area contributed by atoms with E-state index >= 15 is 0 Å². The lowest BCUT2D eigenvalue weighted by atomic mass is 10.3. The fourth-order valence-electron chi connectivity index (χ4n) is 1.86. The molecule has 3 N–H and O–H groups in total. The number of benzene rings is 1. The predicted molar refractivity (Wildman–Crippen MR) is 78.3 cm³/mol. The number of oxime groups is 1. The fraction of sp³-hybridized carbons (Fsp3) is 0.143. The zero-order valence-corrected chi connectivity index (χ0v) is 11.8. The van der Waals surface area contributed by atoms with Gasteiger partial charge in [0.15, 0.2) is 17.3 Å². The molecule has 2 aromatic rings. The molecular formula is C14H13N3O3S. The molecule has 3 rings (SSSR count). The predicted octanol–water partition coefficient (Wildman–Crippen LogP) is 2.10. The Labute approximate surface area is 125 Å². The highest BCUT2D eigenvalue weighted by atomic mass is 32.2. The van der Waals surface area contributed by atoms with E-state index in [1.165, 1.54) is 11.8 Å². The largest absolute Gasteiger partial charge is 0.486 e. The van der Waals surface area contributed by atoms with Crippen molar-refractivity contribution >= 4 is 17.6 Å². The van der Waals surface area contributed by atoms with E-state index in [1.807, 2.05) is 24.3 Å². The highest BCUT2D eigenvalue weighted by Gasteiger charge is 2.12. The molecule has 108 valence electrons. The summed E-state index contributed by atoms with van der Waals surface area (Å²) in [6, 6.07) is 9.34. The highest BCUT2D eigenvalue weighted by Crippen LogP contribution is 2.36. The van der Waals surface area contributed by atoms with Crippen molar-refractivity contribution in [3.05, 3.63) is 42.1 Å². The van der Waals surface area contributed by atoms with Gasteiger partial charge in [-0.05, 0) is 30.3 Å². The number of hydrogen-bond donors (Lipinski definition) is 2. The minimum absolute atomic E-state index is 0.0402. The van der Waals surface area contributed by atoms with E-state index in [0.29, 0.717) is 18.8 Å². The maximum Gasteiger partial charge on any atom is 0.171 e. The minimum Gasteiger partial charge on any atom is -0.486 e. The summed E-state index contributed by atoms with van der Waals surface area (Å²) in [6.07, 6.45) is 1.56. The highest BCUT2D eigenvalue weighted by molar-refractivity contribution is 7.99. The molecule has 0 unspecified atom stereocenters. The molecule has 0 saturated heterocycles. The van der Waals surface area contributed by atoms with Gasteiger partial charge in [0.2, 0.25) is 0 Å². The molecule has 0 atom stereocenters. The summed E-state index contributed by atoms with van der Waals surface area (Å²) >= 11 is 1.50. The smallest absolute Gasteiger partial charge is 0.171 e. The van der Waals surface area contributed by atoms with Crippen molar-refractivity contribution in [2.24, 2.45) is 10.9 Å². The number of ether oxygens (including phenoxy) is 2. The molecule has 0 amide bonds. The summed E-state index contributed by atoms with van der Waals surface area (Å²) in [5.41, 5.74) is 6.07. The van der Waals surface area contributed by atoms with E-state index in [0.717, 1.165) is 21.4 Å². The summed E-state index contributed by atoms with van der Waals surface area (Å²) in [7, 11) is 0. The van der Waals surface area contributed by atoms with E-state index in [2.05, 4.69) is 10.1 Å². The van der Waals surface area contributed by atoms with Gasteiger partial charge < -0.3 is 20.4 Å². The van der Waals surface area contributed by atoms with Crippen LogP contribution in [0.3, 0.4) is 0 Å². The van der Waals surface area contributed by atoms with Crippen LogP contribution in [0, 0.1) is 0 Å². The van der Waals surface area contributed by atoms with Gasteiger partial charge in [-0.2, -0.15) is 0 Å². The molecule has 0 radical (unpaired) electrons. The first kappa shape index (κ1) is 13.6. The second kappa shape index (κ2) is 5.92. The lowest BCUT2D eigenvalue weighted by Gasteiger charge is -2.18. The lowest BCUT2D eigenvalue weighted by molar-refractivity contribution is 0.171. The van der Waals surface area contributed by atoms with Crippen LogP contribution >= 0.6 is 11.8 Å². The first-order valence-corrected chi connectivity index (χ1v) is 7.09. The second-order valence-corrected chi connectivity index (χ2v) is 5.37. The van der Waals surface area contributed by atoms with Crippen molar-refractivity contribution < 1.29 is 14.7 Å². The molecule has 1 aliphatic heterocycles. The number of aromatic nitrogens is 1. The van der Waals surface area contributed by atoms with E-state index in [-0.39, 0.29) is 5.84 Å². The van der Waals surface area contributed by atoms with Crippen LogP contribution in [-0.2, 0) is 0 Å². The van der Waals surface area contributed by atoms with E-state index in [4.69, 9.17) is 20.4 Å². The van der Waals surface area contributed by atoms with Gasteiger partial charge in [0, 0.05) is 16.7 Å². The Balaban J connectivity index is 1.77. The molecule has 2 heterocycles. The zero-order chi connectivity index (χ0) is 14.7. The van der Waals surface area contributed by atoms with Gasteiger partial charge in [-0.3, -0.25) is 0 Å². The van der Waals surface area contributed by atoms with Crippen LogP contribution in [0.5, 0.6) is 11.5 Å². The SMILES string of the molecule is N/C(=N/O)c1ccc(Sc2ccc3c(c2)OCCO3)nc1. The Morgan fingerprint density at radius 2 is 2.00 bits per heavy atom. The summed E-state index contributed by atoms with van der Waals surface area (Å²) < 4.78 is 11.0. The number of pyridine rings is 1. The normalized spacial score (nSPS) is 14.0. The summed E-state index contributed by atoms with van der Waals surface area (Å²) in [5, 5.41) is 12.4. The monoisotopic (exact) mass is 303 g/mol. The van der Waals surface area contributed by atoms with Crippen molar-refractivity contribution in [3.8, 4) is 11.5 Å². The molecule has 1 aromatic heterocycles. The number of nitrogens with zero attached hydrogens (tertiary/aromatic N) is 2. The van der Waals surface area contributed by atoms with E-state index < -0.39 is 0 Å². The Morgan fingerprint density at radius 1 is 1.19 bits per heavy atom. The van der Waals surface area contributed by atoms with Crippen LogP contribution in [0.1, 0.15) is 5.56 Å². The summed E-state index contributed by atoms with van der Waals surface area (Å²) in [5.74, 6) is 1.55. The molecule has 0 saturated carbocycles. The van der Waals surface area contributed by atoms with Gasteiger partial charge in [0.05, 0.1) is 0 Å². The average molecular weight is 303 g/mol. The first-order chi connectivity index (χ1) is 10.3. The van der Waals surface area contributed by atoms with Crippen molar-refractivity contribution in [2.45, 2.75) is 9.92 Å². The molecule has 0 spiro atoms. The van der Waals surface area contributed by atoms with Crippen LogP contribution < -0.4 is 15.2 Å². The number of amidine groups is 1. The topological polar surface area (TPSA) is 90.0 Å². The summed E-state index contributed by atoms with van der Waals surface area (Å²) in [4.78, 5) is 5.28. The van der Waals surface area contributed by atoms with E-state index in [1.54, 1.807) is 12.3 Å². The van der Waals surface area contributed by atoms with Crippen LogP contribution in [-0.4, -0.2) is 29.2 Å². The molecule has 0 aliphatic carbocycles. The third-order valence-electron chi connectivity index (χ3n) is 2.88. The molecule has 21 heavy (non-hydrogen) atoms. The van der Waals surface area contributed by atoms with Gasteiger partial charge in [-0.25, -0.2) is 4.98 Å². The molecule has 0 fully saturated rings. The summed E-state index contributed by atoms with van der Waals surface area (Å²) in [6.45, 7) is 1.14. The Hall–Kier alpha value is -2.41. The number of fused-ring (bicyclic) bond motifs is 1. The van der Waals surface area contributed by atoms with Gasteiger partial charge in [0.1, 0.15) is 18.2 Å². The van der Waals surface area contributed by atoms with Crippen LogP contribution in [0.4, 0.5) is 0 Å². The molecule has 1 aliphatic rings. The second-order valence-electron chi connectivity index (χ2n) is 4.28. The van der Waals surface area contributed by atoms with Crippen LogP contribution in [0.2, 0.25) is 0 Å². The van der Waals surface area contributed by atoms with Crippen molar-refractivity contribution in [3.63, 3.8) is 0 Å². The van der Waals surface area contributed by atoms with Gasteiger partial charge in [-0.1, -0.05) is 16.9 Å². The van der Waals surface area contributed by atoms with E-state index in [9.17, 15) is 0 Å². The molecule has 7 heteroatoms. The maximum absolute atomic E-state index is 8.61. The quantitative estimate of drug-likeness (QED) is 0.390. The van der Waals surface area contributed by atoms with Crippen LogP contribution in [0.15, 0.2) is 51.6 Å². The van der Waals surface area contributed by atoms with Crippen molar-refractivity contribution in [2.75, 3.05) is 13.2 Å². The van der Waals surface area contributed by atoms with Crippen molar-refractivity contribution in [1.82, 2.24) is 4.98 Å². The molecule has 1 aromatic carbocycles. The lowest BCUT2D eigenvalue weighted by Crippen LogP contribution is -2.15. The Morgan fingerprint density at radius 3 is 2.71 bits per heavy atom. The van der Waals surface area contributed by atoms with Gasteiger partial charge >= 0.3 is 0 Å². The third kappa shape index (κ3) is 3.03. The fourth-order valence-corrected chi connectivity index (χ4v) is 2.64. The van der Waals surface area contributed by atoms with Gasteiger partial charge in [0.25, 0.3) is 0 Å². The average Bonchev–Trinajstić information content (AvgIpc) is 2.55. The van der Waals surface area contributed by atoms with Gasteiger partial charge in [-0.15, -0.1) is 0 Å². The maximum atomic E-state index is 8.61. The molecule has 0 bridgehead atoms. The van der Waals surface area contributed by atoms with Crippen LogP contribution in [0.25, 0.3) is 0 Å². The Kier molecular flexibility index (Phi) is 3.83. The first-order valence-electron chi connectivity index (χ1n) is 6.28. The number of nitrogens with two attached hydrogens (primary N) is 1. The van der Waals surface area contributed by atoms with Crippen molar-refractivity contribution in [1.29, 1.82) is 0 Å². The minimum atomic E-state index is 0.0402.